The van der Waals surface area contributed by atoms with Crippen LogP contribution in [0.4, 0.5) is 0 Å². The summed E-state index contributed by atoms with van der Waals surface area (Å²) in [6.07, 6.45) is 3.78. The first-order chi connectivity index (χ1) is 7.68. The highest BCUT2D eigenvalue weighted by Gasteiger charge is 2.48. The van der Waals surface area contributed by atoms with E-state index in [2.05, 4.69) is 10.3 Å². The van der Waals surface area contributed by atoms with Crippen LogP contribution in [0.5, 0.6) is 0 Å². The van der Waals surface area contributed by atoms with E-state index in [1.165, 1.54) is 0 Å². The van der Waals surface area contributed by atoms with Crippen molar-refractivity contribution < 1.29 is 14.7 Å². The first-order valence-electron chi connectivity index (χ1n) is 5.08. The van der Waals surface area contributed by atoms with Crippen LogP contribution in [0.25, 0.3) is 0 Å². The Hall–Kier alpha value is -1.91. The highest BCUT2D eigenvalue weighted by molar-refractivity contribution is 5.89. The summed E-state index contributed by atoms with van der Waals surface area (Å²) in [5.41, 5.74) is 0.906. The van der Waals surface area contributed by atoms with E-state index in [-0.39, 0.29) is 11.8 Å². The van der Waals surface area contributed by atoms with Crippen LogP contribution in [0.2, 0.25) is 0 Å². The fourth-order valence-corrected chi connectivity index (χ4v) is 1.58. The van der Waals surface area contributed by atoms with Crippen LogP contribution in [0, 0.1) is 11.8 Å². The molecule has 0 spiro atoms. The van der Waals surface area contributed by atoms with Crippen molar-refractivity contribution in [2.75, 3.05) is 0 Å². The zero-order valence-electron chi connectivity index (χ0n) is 8.59. The second kappa shape index (κ2) is 4.30. The molecule has 0 aromatic carbocycles. The number of hydrogen-bond donors (Lipinski definition) is 2. The number of aliphatic carboxylic acids is 1. The van der Waals surface area contributed by atoms with Crippen molar-refractivity contribution in [1.29, 1.82) is 0 Å². The fraction of sp³-hybridized carbons (Fsp3) is 0.364. The molecule has 5 nitrogen and oxygen atoms in total. The van der Waals surface area contributed by atoms with E-state index in [1.807, 2.05) is 6.07 Å². The lowest BCUT2D eigenvalue weighted by molar-refractivity contribution is -0.140. The van der Waals surface area contributed by atoms with Gasteiger partial charge in [-0.25, -0.2) is 0 Å². The maximum absolute atomic E-state index is 11.5. The SMILES string of the molecule is O=C(O)[C@H]1C[C@@H]1C(=O)NCc1cccnc1. The topological polar surface area (TPSA) is 79.3 Å². The molecule has 1 heterocycles. The Bertz CT molecular complexity index is 405. The van der Waals surface area contributed by atoms with Gasteiger partial charge in [0, 0.05) is 18.9 Å². The number of carbonyl (C=O) groups excluding carboxylic acids is 1. The predicted octanol–water partition coefficient (Wildman–Crippen LogP) is 0.418. The lowest BCUT2D eigenvalue weighted by atomic mass is 10.2. The third kappa shape index (κ3) is 2.36. The zero-order chi connectivity index (χ0) is 11.5. The Morgan fingerprint density at radius 3 is 2.88 bits per heavy atom. The molecule has 1 amide bonds. The second-order valence-electron chi connectivity index (χ2n) is 3.87. The van der Waals surface area contributed by atoms with Crippen LogP contribution >= 0.6 is 0 Å². The lowest BCUT2D eigenvalue weighted by Crippen LogP contribution is -2.25. The Kier molecular flexibility index (Phi) is 2.85. The van der Waals surface area contributed by atoms with Gasteiger partial charge < -0.3 is 10.4 Å². The zero-order valence-corrected chi connectivity index (χ0v) is 8.59. The van der Waals surface area contributed by atoms with Crippen molar-refractivity contribution >= 4 is 11.9 Å². The summed E-state index contributed by atoms with van der Waals surface area (Å²) in [6, 6.07) is 3.65. The third-order valence-electron chi connectivity index (χ3n) is 2.63. The quantitative estimate of drug-likeness (QED) is 0.770. The Labute approximate surface area is 92.5 Å². The van der Waals surface area contributed by atoms with E-state index in [4.69, 9.17) is 5.11 Å². The van der Waals surface area contributed by atoms with E-state index in [9.17, 15) is 9.59 Å². The van der Waals surface area contributed by atoms with Crippen molar-refractivity contribution in [3.05, 3.63) is 30.1 Å². The van der Waals surface area contributed by atoms with Crippen LogP contribution in [0.15, 0.2) is 24.5 Å². The minimum atomic E-state index is -0.887. The van der Waals surface area contributed by atoms with E-state index >= 15 is 0 Å². The molecular weight excluding hydrogens is 208 g/mol. The molecule has 1 saturated carbocycles. The molecule has 1 aliphatic rings. The van der Waals surface area contributed by atoms with Crippen molar-refractivity contribution in [1.82, 2.24) is 10.3 Å². The van der Waals surface area contributed by atoms with E-state index < -0.39 is 11.9 Å². The van der Waals surface area contributed by atoms with E-state index in [0.717, 1.165) is 5.56 Å². The molecule has 0 radical (unpaired) electrons. The van der Waals surface area contributed by atoms with Gasteiger partial charge in [-0.05, 0) is 18.1 Å². The van der Waals surface area contributed by atoms with Gasteiger partial charge in [-0.1, -0.05) is 6.07 Å². The summed E-state index contributed by atoms with van der Waals surface area (Å²) in [5.74, 6) is -1.92. The largest absolute Gasteiger partial charge is 0.481 e. The molecule has 0 bridgehead atoms. The predicted molar refractivity (Wildman–Crippen MR) is 55.3 cm³/mol. The Morgan fingerprint density at radius 1 is 1.50 bits per heavy atom. The summed E-state index contributed by atoms with van der Waals surface area (Å²) in [4.78, 5) is 26.0. The number of rotatable bonds is 4. The fourth-order valence-electron chi connectivity index (χ4n) is 1.58. The average Bonchev–Trinajstić information content (AvgIpc) is 3.07. The Morgan fingerprint density at radius 2 is 2.31 bits per heavy atom. The maximum atomic E-state index is 11.5. The van der Waals surface area contributed by atoms with Crippen molar-refractivity contribution in [2.24, 2.45) is 11.8 Å². The van der Waals surface area contributed by atoms with Crippen molar-refractivity contribution in [3.63, 3.8) is 0 Å². The van der Waals surface area contributed by atoms with E-state index in [1.54, 1.807) is 18.5 Å². The van der Waals surface area contributed by atoms with Crippen molar-refractivity contribution in [2.45, 2.75) is 13.0 Å². The number of hydrogen-bond acceptors (Lipinski definition) is 3. The van der Waals surface area contributed by atoms with Gasteiger partial charge in [0.15, 0.2) is 0 Å². The van der Waals surface area contributed by atoms with Crippen LogP contribution in [0.3, 0.4) is 0 Å². The number of carboxylic acid groups (broad SMARTS) is 1. The second-order valence-corrected chi connectivity index (χ2v) is 3.87. The molecule has 2 N–H and O–H groups in total. The summed E-state index contributed by atoms with van der Waals surface area (Å²) in [7, 11) is 0. The smallest absolute Gasteiger partial charge is 0.307 e. The van der Waals surface area contributed by atoms with Gasteiger partial charge in [0.2, 0.25) is 5.91 Å². The number of amides is 1. The number of nitrogens with zero attached hydrogens (tertiary/aromatic N) is 1. The number of carbonyl (C=O) groups is 2. The molecule has 1 aromatic heterocycles. The van der Waals surface area contributed by atoms with Crippen molar-refractivity contribution in [3.8, 4) is 0 Å². The average molecular weight is 220 g/mol. The molecule has 0 unspecified atom stereocenters. The van der Waals surface area contributed by atoms with Gasteiger partial charge in [-0.2, -0.15) is 0 Å². The van der Waals surface area contributed by atoms with Gasteiger partial charge in [0.25, 0.3) is 0 Å². The monoisotopic (exact) mass is 220 g/mol. The third-order valence-corrected chi connectivity index (χ3v) is 2.63. The summed E-state index contributed by atoms with van der Waals surface area (Å²) >= 11 is 0. The van der Waals surface area contributed by atoms with Gasteiger partial charge in [-0.15, -0.1) is 0 Å². The highest BCUT2D eigenvalue weighted by atomic mass is 16.4. The number of pyridine rings is 1. The maximum Gasteiger partial charge on any atom is 0.307 e. The molecule has 84 valence electrons. The number of carboxylic acids is 1. The summed E-state index contributed by atoms with van der Waals surface area (Å²) < 4.78 is 0. The molecule has 0 aliphatic heterocycles. The van der Waals surface area contributed by atoms with Gasteiger partial charge >= 0.3 is 5.97 Å². The number of aromatic nitrogens is 1. The highest BCUT2D eigenvalue weighted by Crippen LogP contribution is 2.38. The molecule has 1 aliphatic carbocycles. The molecule has 1 aromatic rings. The van der Waals surface area contributed by atoms with Crippen LogP contribution < -0.4 is 5.32 Å². The lowest BCUT2D eigenvalue weighted by Gasteiger charge is -2.03. The van der Waals surface area contributed by atoms with Crippen LogP contribution in [0.1, 0.15) is 12.0 Å². The van der Waals surface area contributed by atoms with Crippen LogP contribution in [-0.2, 0) is 16.1 Å². The minimum Gasteiger partial charge on any atom is -0.481 e. The molecule has 2 rings (SSSR count). The molecule has 1 fully saturated rings. The first kappa shape index (κ1) is 10.6. The van der Waals surface area contributed by atoms with Crippen LogP contribution in [-0.4, -0.2) is 22.0 Å². The number of nitrogens with one attached hydrogen (secondary N) is 1. The molecular formula is C11H12N2O3. The summed E-state index contributed by atoms with van der Waals surface area (Å²) in [5, 5.41) is 11.4. The molecule has 2 atom stereocenters. The van der Waals surface area contributed by atoms with Gasteiger partial charge in [-0.3, -0.25) is 14.6 Å². The minimum absolute atomic E-state index is 0.184. The molecule has 5 heteroatoms. The molecule has 0 saturated heterocycles. The molecule has 16 heavy (non-hydrogen) atoms. The Balaban J connectivity index is 1.80. The van der Waals surface area contributed by atoms with Gasteiger partial charge in [0.1, 0.15) is 0 Å². The summed E-state index contributed by atoms with van der Waals surface area (Å²) in [6.45, 7) is 0.398. The first-order valence-corrected chi connectivity index (χ1v) is 5.08. The van der Waals surface area contributed by atoms with E-state index in [0.29, 0.717) is 13.0 Å². The van der Waals surface area contributed by atoms with Gasteiger partial charge in [0.05, 0.1) is 11.8 Å². The normalized spacial score (nSPS) is 22.5. The standard InChI is InChI=1S/C11H12N2O3/c14-10(8-4-9(8)11(15)16)13-6-7-2-1-3-12-5-7/h1-3,5,8-9H,4,6H2,(H,13,14)(H,15,16)/t8-,9-/m0/s1.